The van der Waals surface area contributed by atoms with Crippen LogP contribution in [0.15, 0.2) is 29.3 Å². The predicted octanol–water partition coefficient (Wildman–Crippen LogP) is 3.40. The Morgan fingerprint density at radius 3 is 2.24 bits per heavy atom. The third-order valence-corrected chi connectivity index (χ3v) is 6.78. The molecule has 2 aliphatic rings. The third kappa shape index (κ3) is 7.73. The van der Waals surface area contributed by atoms with Crippen LogP contribution in [0, 0.1) is 0 Å². The molecular weight excluding hydrogens is 529 g/mol. The van der Waals surface area contributed by atoms with Crippen molar-refractivity contribution in [2.75, 3.05) is 59.5 Å². The van der Waals surface area contributed by atoms with Crippen LogP contribution in [0.2, 0.25) is 0 Å². The molecule has 2 atom stereocenters. The van der Waals surface area contributed by atoms with E-state index in [4.69, 9.17) is 9.73 Å². The summed E-state index contributed by atoms with van der Waals surface area (Å²) in [6.45, 7) is 13.5. The Labute approximate surface area is 216 Å². The molecule has 1 amide bonds. The van der Waals surface area contributed by atoms with Crippen molar-refractivity contribution < 1.29 is 9.53 Å². The van der Waals surface area contributed by atoms with Crippen molar-refractivity contribution in [1.29, 1.82) is 0 Å². The molecule has 2 fully saturated rings. The van der Waals surface area contributed by atoms with Gasteiger partial charge >= 0.3 is 0 Å². The van der Waals surface area contributed by atoms with Gasteiger partial charge in [0.1, 0.15) is 5.75 Å². The molecule has 1 aromatic rings. The second-order valence-electron chi connectivity index (χ2n) is 8.93. The predicted molar refractivity (Wildman–Crippen MR) is 146 cm³/mol. The zero-order valence-corrected chi connectivity index (χ0v) is 23.1. The highest BCUT2D eigenvalue weighted by Crippen LogP contribution is 2.22. The van der Waals surface area contributed by atoms with Crippen molar-refractivity contribution in [3.63, 3.8) is 0 Å². The highest BCUT2D eigenvalue weighted by molar-refractivity contribution is 14.0. The molecule has 0 saturated carbocycles. The third-order valence-electron chi connectivity index (χ3n) is 6.78. The van der Waals surface area contributed by atoms with Gasteiger partial charge in [-0.15, -0.1) is 24.0 Å². The molecule has 2 unspecified atom stereocenters. The Balaban J connectivity index is 0.00000385. The number of hydrogen-bond acceptors (Lipinski definition) is 4. The molecular formula is C25H42IN5O2. The quantitative estimate of drug-likeness (QED) is 0.295. The number of aliphatic imine (C=N–C) groups is 1. The van der Waals surface area contributed by atoms with Gasteiger partial charge in [0.05, 0.1) is 13.2 Å². The topological polar surface area (TPSA) is 60.4 Å². The molecule has 7 nitrogen and oxygen atoms in total. The summed E-state index contributed by atoms with van der Waals surface area (Å²) < 4.78 is 5.26. The average molecular weight is 572 g/mol. The summed E-state index contributed by atoms with van der Waals surface area (Å²) in [6.07, 6.45) is 3.29. The van der Waals surface area contributed by atoms with E-state index in [1.54, 1.807) is 7.11 Å². The van der Waals surface area contributed by atoms with E-state index >= 15 is 0 Å². The summed E-state index contributed by atoms with van der Waals surface area (Å²) in [6, 6.07) is 8.30. The standard InChI is InChI=1S/C25H41N5O2.HI/c1-5-26-25(27-13-12-20(2)22-8-10-23(32-4)11-9-22)30-18-16-28(17-19-30)21(3)24(31)29-14-6-7-15-29;/h8-11,20-21H,5-7,12-19H2,1-4H3,(H,26,27);1H. The number of nitrogens with one attached hydrogen (secondary N) is 1. The molecule has 3 rings (SSSR count). The molecule has 2 aliphatic heterocycles. The lowest BCUT2D eigenvalue weighted by molar-refractivity contribution is -0.135. The van der Waals surface area contributed by atoms with Crippen molar-refractivity contribution in [1.82, 2.24) is 20.0 Å². The number of benzene rings is 1. The van der Waals surface area contributed by atoms with E-state index in [-0.39, 0.29) is 30.0 Å². The van der Waals surface area contributed by atoms with Gasteiger partial charge in [-0.25, -0.2) is 0 Å². The molecule has 1 N–H and O–H groups in total. The minimum Gasteiger partial charge on any atom is -0.497 e. The number of amides is 1. The van der Waals surface area contributed by atoms with E-state index in [2.05, 4.69) is 48.0 Å². The minimum absolute atomic E-state index is 0. The van der Waals surface area contributed by atoms with Crippen LogP contribution in [-0.4, -0.2) is 92.1 Å². The summed E-state index contributed by atoms with van der Waals surface area (Å²) in [5.74, 6) is 2.63. The number of guanidine groups is 1. The maximum atomic E-state index is 12.7. The fraction of sp³-hybridized carbons (Fsp3) is 0.680. The summed E-state index contributed by atoms with van der Waals surface area (Å²) >= 11 is 0. The Kier molecular flexibility index (Phi) is 11.7. The maximum Gasteiger partial charge on any atom is 0.239 e. The monoisotopic (exact) mass is 571 g/mol. The molecule has 33 heavy (non-hydrogen) atoms. The molecule has 0 radical (unpaired) electrons. The van der Waals surface area contributed by atoms with Crippen LogP contribution >= 0.6 is 24.0 Å². The van der Waals surface area contributed by atoms with Crippen LogP contribution in [0.1, 0.15) is 51.5 Å². The first kappa shape index (κ1) is 27.7. The first-order valence-corrected chi connectivity index (χ1v) is 12.2. The van der Waals surface area contributed by atoms with Crippen LogP contribution in [0.5, 0.6) is 5.75 Å². The lowest BCUT2D eigenvalue weighted by Gasteiger charge is -2.39. The highest BCUT2D eigenvalue weighted by Gasteiger charge is 2.30. The van der Waals surface area contributed by atoms with Gasteiger partial charge in [0.15, 0.2) is 5.96 Å². The minimum atomic E-state index is -0.0277. The van der Waals surface area contributed by atoms with E-state index < -0.39 is 0 Å². The largest absolute Gasteiger partial charge is 0.497 e. The summed E-state index contributed by atoms with van der Waals surface area (Å²) in [5, 5.41) is 3.46. The SMILES string of the molecule is CCNC(=NCCC(C)c1ccc(OC)cc1)N1CCN(C(C)C(=O)N2CCCC2)CC1.I. The van der Waals surface area contributed by atoms with Gasteiger partial charge in [-0.1, -0.05) is 19.1 Å². The number of halogens is 1. The molecule has 0 bridgehead atoms. The van der Waals surface area contributed by atoms with Crippen molar-refractivity contribution >= 4 is 35.8 Å². The number of methoxy groups -OCH3 is 1. The molecule has 2 heterocycles. The van der Waals surface area contributed by atoms with Gasteiger partial charge in [-0.05, 0) is 56.7 Å². The number of carbonyl (C=O) groups excluding carboxylic acids is 1. The molecule has 186 valence electrons. The van der Waals surface area contributed by atoms with Gasteiger partial charge in [-0.2, -0.15) is 0 Å². The molecule has 0 aromatic heterocycles. The zero-order chi connectivity index (χ0) is 22.9. The number of ether oxygens (including phenoxy) is 1. The second kappa shape index (κ2) is 14.0. The smallest absolute Gasteiger partial charge is 0.239 e. The van der Waals surface area contributed by atoms with Gasteiger partial charge < -0.3 is 19.9 Å². The number of piperazine rings is 1. The van der Waals surface area contributed by atoms with E-state index in [0.29, 0.717) is 11.8 Å². The maximum absolute atomic E-state index is 12.7. The van der Waals surface area contributed by atoms with Crippen LogP contribution in [0.3, 0.4) is 0 Å². The van der Waals surface area contributed by atoms with Gasteiger partial charge in [0.25, 0.3) is 0 Å². The van der Waals surface area contributed by atoms with Crippen molar-refractivity contribution in [2.24, 2.45) is 4.99 Å². The Hall–Kier alpha value is -1.55. The normalized spacial score (nSPS) is 19.1. The van der Waals surface area contributed by atoms with Crippen LogP contribution < -0.4 is 10.1 Å². The molecule has 1 aromatic carbocycles. The Bertz CT molecular complexity index is 744. The van der Waals surface area contributed by atoms with Crippen molar-refractivity contribution in [3.05, 3.63) is 29.8 Å². The molecule has 8 heteroatoms. The van der Waals surface area contributed by atoms with Gasteiger partial charge in [0, 0.05) is 52.4 Å². The molecule has 0 aliphatic carbocycles. The molecule has 2 saturated heterocycles. The Morgan fingerprint density at radius 2 is 1.67 bits per heavy atom. The molecule has 0 spiro atoms. The second-order valence-corrected chi connectivity index (χ2v) is 8.93. The first-order valence-electron chi connectivity index (χ1n) is 12.2. The van der Waals surface area contributed by atoms with Crippen LogP contribution in [0.4, 0.5) is 0 Å². The number of hydrogen-bond donors (Lipinski definition) is 1. The number of rotatable bonds is 8. The van der Waals surface area contributed by atoms with Gasteiger partial charge in [0.2, 0.25) is 5.91 Å². The van der Waals surface area contributed by atoms with Crippen molar-refractivity contribution in [2.45, 2.75) is 52.0 Å². The van der Waals surface area contributed by atoms with Gasteiger partial charge in [-0.3, -0.25) is 14.7 Å². The number of nitrogens with zero attached hydrogens (tertiary/aromatic N) is 4. The fourth-order valence-corrected chi connectivity index (χ4v) is 4.57. The van der Waals surface area contributed by atoms with Crippen LogP contribution in [0.25, 0.3) is 0 Å². The van der Waals surface area contributed by atoms with E-state index in [0.717, 1.165) is 83.3 Å². The lowest BCUT2D eigenvalue weighted by Crippen LogP contribution is -2.57. The number of carbonyl (C=O) groups is 1. The average Bonchev–Trinajstić information content (AvgIpc) is 3.38. The van der Waals surface area contributed by atoms with Crippen LogP contribution in [-0.2, 0) is 4.79 Å². The van der Waals surface area contributed by atoms with E-state index in [1.807, 2.05) is 17.0 Å². The fourth-order valence-electron chi connectivity index (χ4n) is 4.57. The Morgan fingerprint density at radius 1 is 1.03 bits per heavy atom. The van der Waals surface area contributed by atoms with Crippen molar-refractivity contribution in [3.8, 4) is 5.75 Å². The summed E-state index contributed by atoms with van der Waals surface area (Å²) in [5.41, 5.74) is 1.32. The first-order chi connectivity index (χ1) is 15.5. The lowest BCUT2D eigenvalue weighted by atomic mass is 9.98. The van der Waals surface area contributed by atoms with E-state index in [9.17, 15) is 4.79 Å². The number of likely N-dealkylation sites (tertiary alicyclic amines) is 1. The zero-order valence-electron chi connectivity index (χ0n) is 20.8. The van der Waals surface area contributed by atoms with E-state index in [1.165, 1.54) is 5.56 Å². The highest BCUT2D eigenvalue weighted by atomic mass is 127. The summed E-state index contributed by atoms with van der Waals surface area (Å²) in [4.78, 5) is 24.4. The summed E-state index contributed by atoms with van der Waals surface area (Å²) in [7, 11) is 1.70.